The molecule has 12 heteroatoms. The van der Waals surface area contributed by atoms with Crippen LogP contribution in [0.3, 0.4) is 0 Å². The lowest BCUT2D eigenvalue weighted by atomic mass is 10.1. The molecule has 25 heavy (non-hydrogen) atoms. The Morgan fingerprint density at radius 1 is 1.16 bits per heavy atom. The molecular weight excluding hydrogens is 373 g/mol. The molecule has 3 aromatic rings. The number of H-pyrrole nitrogens is 1. The van der Waals surface area contributed by atoms with Crippen molar-refractivity contribution >= 4 is 39.4 Å². The lowest BCUT2D eigenvalue weighted by Crippen LogP contribution is -2.36. The lowest BCUT2D eigenvalue weighted by molar-refractivity contribution is 0.362. The van der Waals surface area contributed by atoms with Crippen molar-refractivity contribution in [1.82, 2.24) is 9.55 Å². The van der Waals surface area contributed by atoms with Gasteiger partial charge in [-0.1, -0.05) is 24.3 Å². The predicted octanol–water partition coefficient (Wildman–Crippen LogP) is -0.374. The summed E-state index contributed by atoms with van der Waals surface area (Å²) in [7, 11) is -8.93. The molecule has 132 valence electrons. The zero-order chi connectivity index (χ0) is 18.6. The maximum atomic E-state index is 12.1. The van der Waals surface area contributed by atoms with Gasteiger partial charge in [0.25, 0.3) is 0 Å². The third-order valence-electron chi connectivity index (χ3n) is 3.59. The minimum atomic E-state index is -4.73. The lowest BCUT2D eigenvalue weighted by Gasteiger charge is -2.14. The number of aromatic nitrogens is 2. The van der Waals surface area contributed by atoms with Crippen LogP contribution in [-0.2, 0) is 20.9 Å². The summed E-state index contributed by atoms with van der Waals surface area (Å²) in [6.07, 6.45) is -1.07. The van der Waals surface area contributed by atoms with E-state index in [0.29, 0.717) is 4.57 Å². The standard InChI is InChI=1S/C13H12N3O7PS/c14-25(22,23)10-5-9-11(8-4-2-1-3-7(8)10)15-12(17)13(18)16(9)6-24(19,20)21/h1-5H,6H2,(H,15,17)(H2,14,22,23)(H2,19,20,21). The van der Waals surface area contributed by atoms with Crippen LogP contribution in [0.4, 0.5) is 0 Å². The zero-order valence-corrected chi connectivity index (χ0v) is 14.1. The normalized spacial score (nSPS) is 12.8. The van der Waals surface area contributed by atoms with E-state index in [1.165, 1.54) is 12.1 Å². The van der Waals surface area contributed by atoms with Crippen molar-refractivity contribution in [2.75, 3.05) is 0 Å². The maximum absolute atomic E-state index is 12.1. The van der Waals surface area contributed by atoms with E-state index in [-0.39, 0.29) is 26.7 Å². The van der Waals surface area contributed by atoms with E-state index in [4.69, 9.17) is 5.14 Å². The molecule has 0 aliphatic carbocycles. The quantitative estimate of drug-likeness (QED) is 0.270. The van der Waals surface area contributed by atoms with Gasteiger partial charge in [0, 0.05) is 10.8 Å². The van der Waals surface area contributed by atoms with E-state index in [9.17, 15) is 32.4 Å². The highest BCUT2D eigenvalue weighted by atomic mass is 32.2. The number of nitrogens with two attached hydrogens (primary N) is 1. The van der Waals surface area contributed by atoms with Gasteiger partial charge in [0.2, 0.25) is 10.0 Å². The molecule has 0 unspecified atom stereocenters. The van der Waals surface area contributed by atoms with Gasteiger partial charge in [-0.05, 0) is 6.07 Å². The van der Waals surface area contributed by atoms with Crippen LogP contribution in [-0.4, -0.2) is 27.8 Å². The highest BCUT2D eigenvalue weighted by molar-refractivity contribution is 7.89. The summed E-state index contributed by atoms with van der Waals surface area (Å²) in [4.78, 5) is 44.3. The third kappa shape index (κ3) is 3.15. The van der Waals surface area contributed by atoms with Gasteiger partial charge >= 0.3 is 18.7 Å². The molecule has 0 amide bonds. The van der Waals surface area contributed by atoms with Gasteiger partial charge in [0.1, 0.15) is 6.29 Å². The number of sulfonamides is 1. The average Bonchev–Trinajstić information content (AvgIpc) is 2.49. The first-order valence-corrected chi connectivity index (χ1v) is 10.1. The highest BCUT2D eigenvalue weighted by Crippen LogP contribution is 2.37. The summed E-state index contributed by atoms with van der Waals surface area (Å²) in [5.41, 5.74) is -2.39. The monoisotopic (exact) mass is 385 g/mol. The van der Waals surface area contributed by atoms with Crippen LogP contribution in [0.1, 0.15) is 0 Å². The first-order valence-electron chi connectivity index (χ1n) is 6.75. The Morgan fingerprint density at radius 3 is 2.32 bits per heavy atom. The Kier molecular flexibility index (Phi) is 3.93. The first-order chi connectivity index (χ1) is 11.5. The van der Waals surface area contributed by atoms with E-state index < -0.39 is 35.0 Å². The van der Waals surface area contributed by atoms with Gasteiger partial charge in [0.05, 0.1) is 15.9 Å². The molecule has 3 rings (SSSR count). The second kappa shape index (κ2) is 5.61. The molecule has 0 saturated heterocycles. The van der Waals surface area contributed by atoms with Crippen molar-refractivity contribution in [3.63, 3.8) is 0 Å². The smallest absolute Gasteiger partial charge is 0.323 e. The Bertz CT molecular complexity index is 1290. The van der Waals surface area contributed by atoms with Crippen molar-refractivity contribution < 1.29 is 22.8 Å². The predicted molar refractivity (Wildman–Crippen MR) is 89.8 cm³/mol. The zero-order valence-electron chi connectivity index (χ0n) is 12.4. The molecule has 0 radical (unpaired) electrons. The number of nitrogens with zero attached hydrogens (tertiary/aromatic N) is 1. The van der Waals surface area contributed by atoms with Gasteiger partial charge in [-0.15, -0.1) is 0 Å². The van der Waals surface area contributed by atoms with Gasteiger partial charge < -0.3 is 14.8 Å². The Labute approximate surface area is 139 Å². The van der Waals surface area contributed by atoms with Crippen molar-refractivity contribution in [3.8, 4) is 0 Å². The molecule has 1 heterocycles. The highest BCUT2D eigenvalue weighted by Gasteiger charge is 2.22. The number of nitrogens with one attached hydrogen (secondary N) is 1. The largest absolute Gasteiger partial charge is 0.345 e. The van der Waals surface area contributed by atoms with E-state index in [1.807, 2.05) is 0 Å². The van der Waals surface area contributed by atoms with E-state index in [2.05, 4.69) is 4.98 Å². The molecular formula is C13H12N3O7PS. The number of benzene rings is 2. The molecule has 0 bridgehead atoms. The fourth-order valence-electron chi connectivity index (χ4n) is 2.63. The molecule has 10 nitrogen and oxygen atoms in total. The molecule has 0 spiro atoms. The van der Waals surface area contributed by atoms with Crippen molar-refractivity contribution in [2.24, 2.45) is 5.14 Å². The van der Waals surface area contributed by atoms with Gasteiger partial charge in [-0.25, -0.2) is 13.6 Å². The van der Waals surface area contributed by atoms with Crippen LogP contribution in [0.2, 0.25) is 0 Å². The van der Waals surface area contributed by atoms with Gasteiger partial charge in [-0.2, -0.15) is 0 Å². The van der Waals surface area contributed by atoms with Crippen LogP contribution in [0, 0.1) is 0 Å². The van der Waals surface area contributed by atoms with Crippen molar-refractivity contribution in [2.45, 2.75) is 11.2 Å². The van der Waals surface area contributed by atoms with Gasteiger partial charge in [0.15, 0.2) is 0 Å². The Balaban J connectivity index is 2.64. The SMILES string of the molecule is NS(=O)(=O)c1cc2c([nH]c(=O)c(=O)n2CP(=O)(O)O)c2ccccc12. The number of hydrogen-bond donors (Lipinski definition) is 4. The second-order valence-electron chi connectivity index (χ2n) is 5.35. The third-order valence-corrected chi connectivity index (χ3v) is 5.19. The molecule has 0 saturated carbocycles. The summed E-state index contributed by atoms with van der Waals surface area (Å²) in [6.45, 7) is 0. The topological polar surface area (TPSA) is 173 Å². The summed E-state index contributed by atoms with van der Waals surface area (Å²) in [5.74, 6) is 0. The van der Waals surface area contributed by atoms with Crippen LogP contribution in [0.15, 0.2) is 44.8 Å². The van der Waals surface area contributed by atoms with Crippen LogP contribution in [0.5, 0.6) is 0 Å². The fourth-order valence-corrected chi connectivity index (χ4v) is 4.04. The van der Waals surface area contributed by atoms with Gasteiger partial charge in [-0.3, -0.25) is 18.7 Å². The molecule has 1 aromatic heterocycles. The fraction of sp³-hybridized carbons (Fsp3) is 0.0769. The van der Waals surface area contributed by atoms with Crippen molar-refractivity contribution in [1.29, 1.82) is 0 Å². The molecule has 2 aromatic carbocycles. The summed E-state index contributed by atoms with van der Waals surface area (Å²) in [6, 6.07) is 7.11. The Morgan fingerprint density at radius 2 is 1.76 bits per heavy atom. The minimum Gasteiger partial charge on any atom is -0.323 e. The molecule has 0 atom stereocenters. The van der Waals surface area contributed by atoms with E-state index >= 15 is 0 Å². The summed E-state index contributed by atoms with van der Waals surface area (Å²) >= 11 is 0. The maximum Gasteiger partial charge on any atom is 0.345 e. The first kappa shape index (κ1) is 17.5. The van der Waals surface area contributed by atoms with Crippen LogP contribution < -0.4 is 16.3 Å². The van der Waals surface area contributed by atoms with Crippen LogP contribution >= 0.6 is 7.60 Å². The van der Waals surface area contributed by atoms with E-state index in [1.54, 1.807) is 12.1 Å². The number of aromatic amines is 1. The molecule has 0 aliphatic rings. The Hall–Kier alpha value is -2.30. The molecule has 5 N–H and O–H groups in total. The van der Waals surface area contributed by atoms with Crippen LogP contribution in [0.25, 0.3) is 21.8 Å². The molecule has 0 fully saturated rings. The summed E-state index contributed by atoms with van der Waals surface area (Å²) in [5, 5.41) is 5.69. The average molecular weight is 385 g/mol. The number of primary sulfonamides is 1. The summed E-state index contributed by atoms with van der Waals surface area (Å²) < 4.78 is 35.7. The van der Waals surface area contributed by atoms with Crippen molar-refractivity contribution in [3.05, 3.63) is 51.0 Å². The number of hydrogen-bond acceptors (Lipinski definition) is 5. The number of fused-ring (bicyclic) bond motifs is 3. The van der Waals surface area contributed by atoms with E-state index in [0.717, 1.165) is 6.07 Å². The molecule has 0 aliphatic heterocycles. The number of rotatable bonds is 3. The minimum absolute atomic E-state index is 0.0704. The second-order valence-corrected chi connectivity index (χ2v) is 8.49.